The fourth-order valence-electron chi connectivity index (χ4n) is 10.0. The van der Waals surface area contributed by atoms with Crippen molar-refractivity contribution in [2.75, 3.05) is 0 Å². The van der Waals surface area contributed by atoms with Crippen LogP contribution in [0.15, 0.2) is 96.1 Å². The standard InChI is InChI=1S/2C23H27.C6H11BN2O2.2ClH.Hf/c2*1-4-6-10-18-15-19-11-9-14-22(23(19)16-18)21-13-8-7-12-20(21)17(3)5-2;1-3-5(10)8-7-9-6(11)4-2;;;/h2*7-9,11-17H,4-6,10H2,1-3H3;3-4H2,1-2H3,(H-,8,9,10,11);2*1H;/q;;;;;+1/p-1. The van der Waals surface area contributed by atoms with Gasteiger partial charge in [-0.25, -0.2) is 0 Å². The van der Waals surface area contributed by atoms with E-state index in [1.54, 1.807) is 0 Å². The first-order valence-electron chi connectivity index (χ1n) is 22.9. The van der Waals surface area contributed by atoms with Gasteiger partial charge in [0.2, 0.25) is 0 Å². The zero-order chi connectivity index (χ0) is 43.2. The summed E-state index contributed by atoms with van der Waals surface area (Å²) in [4.78, 5) is 27.7. The Morgan fingerprint density at radius 3 is 1.33 bits per heavy atom. The zero-order valence-electron chi connectivity index (χ0n) is 37.3. The first-order valence-corrected chi connectivity index (χ1v) is 38.0. The summed E-state index contributed by atoms with van der Waals surface area (Å²) in [6.45, 7) is 17.2. The molecule has 8 heteroatoms. The Labute approximate surface area is 369 Å². The van der Waals surface area contributed by atoms with Gasteiger partial charge in [0.1, 0.15) is 0 Å². The summed E-state index contributed by atoms with van der Waals surface area (Å²) < 4.78 is -1.68. The van der Waals surface area contributed by atoms with Crippen molar-refractivity contribution >= 4 is 45.7 Å². The molecule has 4 nitrogen and oxygen atoms in total. The maximum absolute atomic E-state index is 13.9. The molecule has 4 atom stereocenters. The van der Waals surface area contributed by atoms with Gasteiger partial charge >= 0.3 is 372 Å². The van der Waals surface area contributed by atoms with Crippen LogP contribution in [-0.4, -0.2) is 16.4 Å². The van der Waals surface area contributed by atoms with Crippen LogP contribution in [-0.2, 0) is 25.5 Å². The number of nitrogens with one attached hydrogen (secondary N) is 2. The summed E-state index contributed by atoms with van der Waals surface area (Å²) in [6.07, 6.45) is 12.9. The number of allylic oxidation sites excluding steroid dienone is 2. The molecule has 317 valence electrons. The normalized spacial score (nSPS) is 17.4. The average Bonchev–Trinajstić information content (AvgIpc) is 3.86. The summed E-state index contributed by atoms with van der Waals surface area (Å²) in [7, 11) is 18.1. The van der Waals surface area contributed by atoms with Crippen molar-refractivity contribution in [1.29, 1.82) is 0 Å². The quantitative estimate of drug-likeness (QED) is 0.0920. The molecular weight excluding hydrogens is 945 g/mol. The van der Waals surface area contributed by atoms with Crippen molar-refractivity contribution in [3.05, 3.63) is 129 Å². The third-order valence-corrected chi connectivity index (χ3v) is 42.2. The molecule has 0 fully saturated rings. The van der Waals surface area contributed by atoms with E-state index in [4.69, 9.17) is 17.2 Å². The van der Waals surface area contributed by atoms with Gasteiger partial charge in [0.25, 0.3) is 0 Å². The zero-order valence-corrected chi connectivity index (χ0v) is 42.4. The van der Waals surface area contributed by atoms with E-state index in [2.05, 4.69) is 149 Å². The summed E-state index contributed by atoms with van der Waals surface area (Å²) in [5.41, 5.74) is 14.4. The third-order valence-electron chi connectivity index (χ3n) is 13.6. The summed E-state index contributed by atoms with van der Waals surface area (Å²) in [5.74, 6) is 0.399. The van der Waals surface area contributed by atoms with E-state index >= 15 is 0 Å². The topological polar surface area (TPSA) is 58.2 Å². The minimum atomic E-state index is -6.23. The monoisotopic (exact) mass is 1010 g/mol. The van der Waals surface area contributed by atoms with Crippen molar-refractivity contribution in [2.24, 2.45) is 0 Å². The summed E-state index contributed by atoms with van der Waals surface area (Å²) in [6, 6.07) is 30.9. The number of fused-ring (bicyclic) bond motifs is 2. The molecule has 2 aliphatic rings. The van der Waals surface area contributed by atoms with Gasteiger partial charge in [-0.1, -0.05) is 0 Å². The van der Waals surface area contributed by atoms with Crippen LogP contribution in [0.3, 0.4) is 0 Å². The van der Waals surface area contributed by atoms with Gasteiger partial charge in [0, 0.05) is 0 Å². The summed E-state index contributed by atoms with van der Waals surface area (Å²) in [5, 5.41) is 6.69. The maximum atomic E-state index is 13.9. The Hall–Kier alpha value is -3.18. The minimum absolute atomic E-state index is 0.178. The molecule has 0 radical (unpaired) electrons. The first-order chi connectivity index (χ1) is 28.9. The predicted octanol–water partition coefficient (Wildman–Crippen LogP) is 15.0. The number of carbonyl (C=O) groups is 2. The molecule has 2 N–H and O–H groups in total. The molecule has 2 amide bonds. The number of halogens is 2. The first kappa shape index (κ1) is 46.3. The van der Waals surface area contributed by atoms with E-state index in [9.17, 15) is 9.59 Å². The number of carbonyl (C=O) groups excluding carboxylic acids is 2. The third kappa shape index (κ3) is 8.73. The number of amides is 2. The van der Waals surface area contributed by atoms with Crippen LogP contribution in [0.1, 0.15) is 172 Å². The Kier molecular flexibility index (Phi) is 15.4. The molecule has 0 bridgehead atoms. The molecule has 0 heterocycles. The van der Waals surface area contributed by atoms with Crippen LogP contribution in [0.25, 0.3) is 34.4 Å². The molecule has 0 saturated heterocycles. The second-order valence-corrected chi connectivity index (χ2v) is 47.8. The van der Waals surface area contributed by atoms with Gasteiger partial charge < -0.3 is 0 Å². The van der Waals surface area contributed by atoms with Crippen molar-refractivity contribution in [2.45, 2.75) is 139 Å². The second kappa shape index (κ2) is 19.9. The molecule has 4 aromatic carbocycles. The summed E-state index contributed by atoms with van der Waals surface area (Å²) >= 11 is -6.23. The van der Waals surface area contributed by atoms with Gasteiger partial charge in [-0.2, -0.15) is 0 Å². The Morgan fingerprint density at radius 1 is 0.583 bits per heavy atom. The van der Waals surface area contributed by atoms with E-state index in [1.165, 1.54) is 44.5 Å². The average molecular weight is 1010 g/mol. The molecule has 0 saturated carbocycles. The SMILES string of the molecule is CCCCC1=Cc2c(-c3ccccc3C(C)CC)cccc2[CH]1[Hf]([Cl])([Cl])([B](NC(=O)CC)NC(=O)CC)[CH]1C(CCCC)=Cc2c(-c3ccccc3C(C)CC)cccc21. The van der Waals surface area contributed by atoms with Gasteiger partial charge in [-0.3, -0.25) is 0 Å². The molecule has 6 rings (SSSR count). The van der Waals surface area contributed by atoms with E-state index in [0.717, 1.165) is 73.6 Å². The molecule has 0 spiro atoms. The van der Waals surface area contributed by atoms with Crippen molar-refractivity contribution in [3.8, 4) is 22.3 Å². The van der Waals surface area contributed by atoms with Gasteiger partial charge in [-0.05, 0) is 0 Å². The molecular formula is C52H66BCl2HfN2O2. The number of rotatable bonds is 19. The van der Waals surface area contributed by atoms with Gasteiger partial charge in [0.15, 0.2) is 0 Å². The molecule has 2 aliphatic carbocycles. The molecule has 4 unspecified atom stereocenters. The van der Waals surface area contributed by atoms with Crippen molar-refractivity contribution in [3.63, 3.8) is 0 Å². The van der Waals surface area contributed by atoms with Crippen LogP contribution in [0.4, 0.5) is 0 Å². The Balaban J connectivity index is 1.72. The fourth-order valence-corrected chi connectivity index (χ4v) is 39.8. The number of unbranched alkanes of at least 4 members (excludes halogenated alkanes) is 2. The molecule has 0 aliphatic heterocycles. The van der Waals surface area contributed by atoms with E-state index in [1.807, 2.05) is 13.8 Å². The number of hydrogen-bond acceptors (Lipinski definition) is 2. The van der Waals surface area contributed by atoms with Gasteiger partial charge in [-0.15, -0.1) is 0 Å². The Morgan fingerprint density at radius 2 is 0.967 bits per heavy atom. The van der Waals surface area contributed by atoms with Crippen molar-refractivity contribution in [1.82, 2.24) is 10.5 Å². The van der Waals surface area contributed by atoms with Crippen LogP contribution in [0.5, 0.6) is 0 Å². The van der Waals surface area contributed by atoms with Crippen LogP contribution >= 0.6 is 17.2 Å². The number of hydrogen-bond donors (Lipinski definition) is 2. The second-order valence-electron chi connectivity index (χ2n) is 17.4. The fraction of sp³-hybridized carbons (Fsp3) is 0.423. The van der Waals surface area contributed by atoms with E-state index in [0.29, 0.717) is 11.8 Å². The van der Waals surface area contributed by atoms with E-state index < -0.39 is 20.5 Å². The van der Waals surface area contributed by atoms with Gasteiger partial charge in [0.05, 0.1) is 0 Å². The van der Waals surface area contributed by atoms with Crippen LogP contribution in [0.2, 0.25) is 0 Å². The van der Waals surface area contributed by atoms with Crippen LogP contribution < -0.4 is 10.5 Å². The van der Waals surface area contributed by atoms with E-state index in [-0.39, 0.29) is 32.0 Å². The number of benzene rings is 4. The molecule has 60 heavy (non-hydrogen) atoms. The molecule has 0 aromatic heterocycles. The predicted molar refractivity (Wildman–Crippen MR) is 256 cm³/mol. The molecule has 4 aromatic rings. The van der Waals surface area contributed by atoms with Crippen LogP contribution in [0, 0.1) is 0 Å². The Bertz CT molecular complexity index is 2110. The van der Waals surface area contributed by atoms with Crippen molar-refractivity contribution < 1.29 is 25.5 Å².